The number of rotatable bonds is 7. The number of likely N-dealkylation sites (tertiary alicyclic amines) is 1. The Morgan fingerprint density at radius 3 is 2.39 bits per heavy atom. The molecule has 0 radical (unpaired) electrons. The van der Waals surface area contributed by atoms with Crippen molar-refractivity contribution in [2.24, 2.45) is 5.92 Å². The summed E-state index contributed by atoms with van der Waals surface area (Å²) < 4.78 is 12.2. The van der Waals surface area contributed by atoms with Gasteiger partial charge in [0.15, 0.2) is 6.10 Å². The zero-order valence-electron chi connectivity index (χ0n) is 18.8. The Morgan fingerprint density at radius 2 is 1.84 bits per heavy atom. The molecule has 2 aliphatic heterocycles. The fourth-order valence-corrected chi connectivity index (χ4v) is 4.11. The maximum Gasteiger partial charge on any atom is 0.498 e. The number of amides is 1. The van der Waals surface area contributed by atoms with Gasteiger partial charge in [-0.15, -0.1) is 0 Å². The van der Waals surface area contributed by atoms with Crippen molar-refractivity contribution in [1.29, 1.82) is 0 Å². The summed E-state index contributed by atoms with van der Waals surface area (Å²) in [6, 6.07) is 0.426. The molecule has 3 heterocycles. The first kappa shape index (κ1) is 22.4. The maximum absolute atomic E-state index is 12.1. The largest absolute Gasteiger partial charge is 0.498 e. The molecule has 1 saturated carbocycles. The van der Waals surface area contributed by atoms with Gasteiger partial charge in [-0.05, 0) is 52.9 Å². The van der Waals surface area contributed by atoms with Crippen LogP contribution in [0, 0.1) is 5.92 Å². The summed E-state index contributed by atoms with van der Waals surface area (Å²) in [4.78, 5) is 25.2. The number of carbonyl (C=O) groups is 1. The standard InChI is InChI=1S/C21H33BN4O5/c1-20(2)21(3,4)31-22(30-20)15-9-23-19(24-10-15)26(16-5-6-16)12-14-7-8-25(11-14)18(29)17(28)13-27/h9-10,14,16-17,27-28H,5-8,11-13H2,1-4H3/t14-,17+/m1/s1. The van der Waals surface area contributed by atoms with Crippen molar-refractivity contribution in [2.45, 2.75) is 70.3 Å². The summed E-state index contributed by atoms with van der Waals surface area (Å²) in [5, 5.41) is 18.6. The number of hydrogen-bond acceptors (Lipinski definition) is 8. The van der Waals surface area contributed by atoms with E-state index < -0.39 is 36.9 Å². The van der Waals surface area contributed by atoms with Crippen LogP contribution in [-0.2, 0) is 14.1 Å². The van der Waals surface area contributed by atoms with Gasteiger partial charge in [0.25, 0.3) is 5.91 Å². The number of anilines is 1. The number of nitrogens with zero attached hydrogens (tertiary/aromatic N) is 4. The first-order chi connectivity index (χ1) is 14.6. The fraction of sp³-hybridized carbons (Fsp3) is 0.762. The van der Waals surface area contributed by atoms with Crippen LogP contribution in [0.15, 0.2) is 12.4 Å². The summed E-state index contributed by atoms with van der Waals surface area (Å²) in [7, 11) is -0.485. The van der Waals surface area contributed by atoms with Gasteiger partial charge in [-0.2, -0.15) is 0 Å². The van der Waals surface area contributed by atoms with E-state index in [0.717, 1.165) is 31.3 Å². The van der Waals surface area contributed by atoms with Crippen molar-refractivity contribution in [3.63, 3.8) is 0 Å². The molecule has 2 atom stereocenters. The number of aromatic nitrogens is 2. The topological polar surface area (TPSA) is 108 Å². The van der Waals surface area contributed by atoms with Gasteiger partial charge in [-0.1, -0.05) is 0 Å². The van der Waals surface area contributed by atoms with E-state index in [-0.39, 0.29) is 5.92 Å². The Bertz CT molecular complexity index is 785. The third-order valence-corrected chi connectivity index (χ3v) is 6.94. The predicted molar refractivity (Wildman–Crippen MR) is 116 cm³/mol. The van der Waals surface area contributed by atoms with Crippen LogP contribution in [0.25, 0.3) is 0 Å². The molecule has 9 nitrogen and oxygen atoms in total. The summed E-state index contributed by atoms with van der Waals surface area (Å²) in [5.41, 5.74) is -0.0221. The minimum Gasteiger partial charge on any atom is -0.399 e. The quantitative estimate of drug-likeness (QED) is 0.578. The highest BCUT2D eigenvalue weighted by Crippen LogP contribution is 2.36. The molecule has 3 fully saturated rings. The first-order valence-corrected chi connectivity index (χ1v) is 11.1. The van der Waals surface area contributed by atoms with Crippen molar-refractivity contribution >= 4 is 24.4 Å². The lowest BCUT2D eigenvalue weighted by Crippen LogP contribution is -2.41. The fourth-order valence-electron chi connectivity index (χ4n) is 4.11. The second kappa shape index (κ2) is 8.31. The van der Waals surface area contributed by atoms with E-state index in [1.54, 1.807) is 17.3 Å². The molecule has 4 rings (SSSR count). The Hall–Kier alpha value is -1.75. The SMILES string of the molecule is CC1(C)OB(c2cnc(N(C[C@@H]3CCN(C(=O)[C@@H](O)CO)C3)C3CC3)nc2)OC1(C)C. The summed E-state index contributed by atoms with van der Waals surface area (Å²) in [6.07, 6.45) is 5.31. The van der Waals surface area contributed by atoms with Crippen LogP contribution < -0.4 is 10.4 Å². The predicted octanol–water partition coefficient (Wildman–Crippen LogP) is -0.0537. The van der Waals surface area contributed by atoms with Crippen molar-refractivity contribution in [2.75, 3.05) is 31.1 Å². The van der Waals surface area contributed by atoms with Gasteiger partial charge in [-0.3, -0.25) is 4.79 Å². The highest BCUT2D eigenvalue weighted by molar-refractivity contribution is 6.61. The number of carbonyl (C=O) groups excluding carboxylic acids is 1. The molecule has 2 saturated heterocycles. The van der Waals surface area contributed by atoms with Gasteiger partial charge in [0.1, 0.15) is 0 Å². The van der Waals surface area contributed by atoms with E-state index >= 15 is 0 Å². The number of hydrogen-bond donors (Lipinski definition) is 2. The van der Waals surface area contributed by atoms with Crippen LogP contribution in [0.2, 0.25) is 0 Å². The van der Waals surface area contributed by atoms with Crippen LogP contribution in [0.4, 0.5) is 5.95 Å². The molecule has 1 aliphatic carbocycles. The third-order valence-electron chi connectivity index (χ3n) is 6.94. The number of aliphatic hydroxyl groups is 2. The van der Waals surface area contributed by atoms with Gasteiger partial charge in [0, 0.05) is 43.5 Å². The van der Waals surface area contributed by atoms with Crippen LogP contribution >= 0.6 is 0 Å². The maximum atomic E-state index is 12.1. The average molecular weight is 432 g/mol. The molecular formula is C21H33BN4O5. The molecule has 10 heteroatoms. The summed E-state index contributed by atoms with van der Waals surface area (Å²) in [6.45, 7) is 9.47. The van der Waals surface area contributed by atoms with E-state index in [2.05, 4.69) is 14.9 Å². The normalized spacial score (nSPS) is 25.7. The summed E-state index contributed by atoms with van der Waals surface area (Å²) in [5.74, 6) is 0.566. The average Bonchev–Trinajstić information content (AvgIpc) is 3.42. The minimum absolute atomic E-state index is 0.279. The molecule has 3 aliphatic rings. The second-order valence-electron chi connectivity index (χ2n) is 9.93. The van der Waals surface area contributed by atoms with Crippen molar-refractivity contribution in [3.05, 3.63) is 12.4 Å². The molecule has 1 aromatic heterocycles. The second-order valence-corrected chi connectivity index (χ2v) is 9.93. The zero-order valence-corrected chi connectivity index (χ0v) is 18.8. The molecule has 1 aromatic rings. The van der Waals surface area contributed by atoms with Gasteiger partial charge < -0.3 is 29.3 Å². The highest BCUT2D eigenvalue weighted by Gasteiger charge is 2.52. The summed E-state index contributed by atoms with van der Waals surface area (Å²) >= 11 is 0. The van der Waals surface area contributed by atoms with E-state index in [0.29, 0.717) is 25.1 Å². The molecule has 2 N–H and O–H groups in total. The molecule has 0 unspecified atom stereocenters. The van der Waals surface area contributed by atoms with Gasteiger partial charge in [0.2, 0.25) is 5.95 Å². The molecule has 170 valence electrons. The Morgan fingerprint density at radius 1 is 1.23 bits per heavy atom. The van der Waals surface area contributed by atoms with E-state index in [1.807, 2.05) is 27.7 Å². The lowest BCUT2D eigenvalue weighted by Gasteiger charge is -2.32. The van der Waals surface area contributed by atoms with Crippen molar-refractivity contribution < 1.29 is 24.3 Å². The van der Waals surface area contributed by atoms with Crippen molar-refractivity contribution in [3.8, 4) is 0 Å². The molecule has 0 aromatic carbocycles. The van der Waals surface area contributed by atoms with Crippen LogP contribution in [0.5, 0.6) is 0 Å². The third kappa shape index (κ3) is 4.57. The van der Waals surface area contributed by atoms with Crippen LogP contribution in [0.1, 0.15) is 47.0 Å². The van der Waals surface area contributed by atoms with Gasteiger partial charge >= 0.3 is 7.12 Å². The zero-order chi connectivity index (χ0) is 22.4. The molecule has 31 heavy (non-hydrogen) atoms. The minimum atomic E-state index is -1.33. The van der Waals surface area contributed by atoms with E-state index in [1.165, 1.54) is 0 Å². The van der Waals surface area contributed by atoms with Crippen LogP contribution in [0.3, 0.4) is 0 Å². The monoisotopic (exact) mass is 432 g/mol. The smallest absolute Gasteiger partial charge is 0.399 e. The Kier molecular flexibility index (Phi) is 6.02. The Balaban J connectivity index is 1.40. The highest BCUT2D eigenvalue weighted by atomic mass is 16.7. The molecule has 0 spiro atoms. The van der Waals surface area contributed by atoms with Gasteiger partial charge in [0.05, 0.1) is 17.8 Å². The van der Waals surface area contributed by atoms with E-state index in [9.17, 15) is 9.90 Å². The Labute approximate surface area is 183 Å². The molecule has 1 amide bonds. The van der Waals surface area contributed by atoms with Gasteiger partial charge in [-0.25, -0.2) is 9.97 Å². The van der Waals surface area contributed by atoms with E-state index in [4.69, 9.17) is 14.4 Å². The lowest BCUT2D eigenvalue weighted by atomic mass is 9.81. The molecule has 0 bridgehead atoms. The van der Waals surface area contributed by atoms with Crippen LogP contribution in [-0.4, -0.2) is 87.7 Å². The molecular weight excluding hydrogens is 399 g/mol. The number of aliphatic hydroxyl groups excluding tert-OH is 2. The van der Waals surface area contributed by atoms with Crippen molar-refractivity contribution in [1.82, 2.24) is 14.9 Å². The lowest BCUT2D eigenvalue weighted by molar-refractivity contribution is -0.141. The first-order valence-electron chi connectivity index (χ1n) is 11.1.